The summed E-state index contributed by atoms with van der Waals surface area (Å²) in [5, 5.41) is 5.59. The van der Waals surface area contributed by atoms with Gasteiger partial charge in [0.25, 0.3) is 0 Å². The summed E-state index contributed by atoms with van der Waals surface area (Å²) in [7, 11) is 0. The number of anilines is 1. The number of rotatable bonds is 2. The molecule has 0 fully saturated rings. The molecule has 0 amide bonds. The molecule has 0 unspecified atom stereocenters. The smallest absolute Gasteiger partial charge is 0.224 e. The summed E-state index contributed by atoms with van der Waals surface area (Å²) in [5.41, 5.74) is 7.61. The van der Waals surface area contributed by atoms with Crippen molar-refractivity contribution < 1.29 is 0 Å². The Balaban J connectivity index is 2.49. The molecule has 2 N–H and O–H groups in total. The third-order valence-electron chi connectivity index (χ3n) is 2.20. The van der Waals surface area contributed by atoms with E-state index in [4.69, 9.17) is 17.3 Å². The molecule has 1 aromatic carbocycles. The van der Waals surface area contributed by atoms with Crippen molar-refractivity contribution in [3.8, 4) is 5.69 Å². The van der Waals surface area contributed by atoms with Crippen LogP contribution in [-0.2, 0) is 0 Å². The summed E-state index contributed by atoms with van der Waals surface area (Å²) >= 11 is 7.50. The molecule has 0 atom stereocenters. The van der Waals surface area contributed by atoms with Gasteiger partial charge in [0.2, 0.25) is 11.1 Å². The van der Waals surface area contributed by atoms with Crippen LogP contribution < -0.4 is 5.73 Å². The summed E-state index contributed by atoms with van der Waals surface area (Å²) in [6, 6.07) is 5.67. The van der Waals surface area contributed by atoms with Crippen molar-refractivity contribution in [1.29, 1.82) is 0 Å². The predicted molar refractivity (Wildman–Crippen MR) is 67.3 cm³/mol. The van der Waals surface area contributed by atoms with Gasteiger partial charge in [0.15, 0.2) is 0 Å². The molecule has 0 saturated carbocycles. The van der Waals surface area contributed by atoms with E-state index < -0.39 is 0 Å². The van der Waals surface area contributed by atoms with Crippen molar-refractivity contribution in [2.24, 2.45) is 0 Å². The molecular weight excluding hydrogens is 244 g/mol. The van der Waals surface area contributed by atoms with Crippen LogP contribution in [0.5, 0.6) is 0 Å². The zero-order chi connectivity index (χ0) is 11.7. The van der Waals surface area contributed by atoms with Gasteiger partial charge >= 0.3 is 0 Å². The molecule has 1 heterocycles. The lowest BCUT2D eigenvalue weighted by atomic mass is 10.2. The number of benzene rings is 1. The lowest BCUT2D eigenvalue weighted by Crippen LogP contribution is -2.02. The van der Waals surface area contributed by atoms with Gasteiger partial charge < -0.3 is 5.73 Å². The molecule has 0 aliphatic rings. The topological polar surface area (TPSA) is 56.7 Å². The highest BCUT2D eigenvalue weighted by molar-refractivity contribution is 7.98. The Labute approximate surface area is 103 Å². The number of aryl methyl sites for hydroxylation is 1. The number of nitrogens with zero attached hydrogens (tertiary/aromatic N) is 3. The molecule has 0 bridgehead atoms. The second-order valence-electron chi connectivity index (χ2n) is 3.30. The van der Waals surface area contributed by atoms with Crippen molar-refractivity contribution in [3.05, 3.63) is 28.8 Å². The molecule has 6 heteroatoms. The molecule has 4 nitrogen and oxygen atoms in total. The Morgan fingerprint density at radius 1 is 1.44 bits per heavy atom. The highest BCUT2D eigenvalue weighted by Gasteiger charge is 2.08. The van der Waals surface area contributed by atoms with Gasteiger partial charge in [-0.1, -0.05) is 29.4 Å². The van der Waals surface area contributed by atoms with E-state index in [9.17, 15) is 0 Å². The predicted octanol–water partition coefficient (Wildman–Crippen LogP) is 2.53. The van der Waals surface area contributed by atoms with E-state index in [-0.39, 0.29) is 0 Å². The fourth-order valence-corrected chi connectivity index (χ4v) is 1.82. The van der Waals surface area contributed by atoms with Gasteiger partial charge in [0.1, 0.15) is 0 Å². The zero-order valence-electron chi connectivity index (χ0n) is 8.94. The SMILES string of the molecule is CSc1nc(N)n(-c2ccc(C)c(Cl)c2)n1. The molecule has 1 aromatic heterocycles. The quantitative estimate of drug-likeness (QED) is 0.837. The fourth-order valence-electron chi connectivity index (χ4n) is 1.29. The summed E-state index contributed by atoms with van der Waals surface area (Å²) in [6.07, 6.45) is 1.90. The van der Waals surface area contributed by atoms with E-state index in [0.717, 1.165) is 11.3 Å². The van der Waals surface area contributed by atoms with Gasteiger partial charge in [-0.15, -0.1) is 5.10 Å². The molecule has 84 valence electrons. The van der Waals surface area contributed by atoms with Crippen molar-refractivity contribution >= 4 is 29.3 Å². The number of thioether (sulfide) groups is 1. The normalized spacial score (nSPS) is 10.7. The molecule has 0 aliphatic heterocycles. The molecular formula is C10H11ClN4S. The van der Waals surface area contributed by atoms with Crippen LogP contribution >= 0.6 is 23.4 Å². The van der Waals surface area contributed by atoms with Crippen LogP contribution in [0.3, 0.4) is 0 Å². The summed E-state index contributed by atoms with van der Waals surface area (Å²) in [5.74, 6) is 0.365. The number of aromatic nitrogens is 3. The monoisotopic (exact) mass is 254 g/mol. The van der Waals surface area contributed by atoms with Gasteiger partial charge in [-0.05, 0) is 30.9 Å². The Morgan fingerprint density at radius 3 is 2.75 bits per heavy atom. The van der Waals surface area contributed by atoms with Crippen molar-refractivity contribution in [2.45, 2.75) is 12.1 Å². The Hall–Kier alpha value is -1.20. The minimum Gasteiger partial charge on any atom is -0.368 e. The number of nitrogens with two attached hydrogens (primary N) is 1. The molecule has 2 aromatic rings. The molecule has 16 heavy (non-hydrogen) atoms. The average Bonchev–Trinajstić information content (AvgIpc) is 2.64. The number of nitrogen functional groups attached to an aromatic ring is 1. The summed E-state index contributed by atoms with van der Waals surface area (Å²) in [6.45, 7) is 1.95. The lowest BCUT2D eigenvalue weighted by Gasteiger charge is -2.04. The van der Waals surface area contributed by atoms with Crippen molar-refractivity contribution in [2.75, 3.05) is 12.0 Å². The number of hydrogen-bond donors (Lipinski definition) is 1. The maximum Gasteiger partial charge on any atom is 0.224 e. The summed E-state index contributed by atoms with van der Waals surface area (Å²) in [4.78, 5) is 4.11. The van der Waals surface area contributed by atoms with Gasteiger partial charge in [-0.25, -0.2) is 0 Å². The number of hydrogen-bond acceptors (Lipinski definition) is 4. The van der Waals surface area contributed by atoms with Gasteiger partial charge in [-0.3, -0.25) is 0 Å². The van der Waals surface area contributed by atoms with E-state index >= 15 is 0 Å². The fraction of sp³-hybridized carbons (Fsp3) is 0.200. The second kappa shape index (κ2) is 4.35. The van der Waals surface area contributed by atoms with Crippen LogP contribution in [0.1, 0.15) is 5.56 Å². The van der Waals surface area contributed by atoms with Gasteiger partial charge in [-0.2, -0.15) is 9.67 Å². The first-order valence-electron chi connectivity index (χ1n) is 4.65. The first kappa shape index (κ1) is 11.3. The number of halogens is 1. The Morgan fingerprint density at radius 2 is 2.19 bits per heavy atom. The highest BCUT2D eigenvalue weighted by Crippen LogP contribution is 2.21. The maximum absolute atomic E-state index is 6.05. The molecule has 0 radical (unpaired) electrons. The van der Waals surface area contributed by atoms with Crippen LogP contribution in [0.2, 0.25) is 5.02 Å². The lowest BCUT2D eigenvalue weighted by molar-refractivity contribution is 0.841. The molecule has 0 aliphatic carbocycles. The van der Waals surface area contributed by atoms with Gasteiger partial charge in [0.05, 0.1) is 5.69 Å². The van der Waals surface area contributed by atoms with Gasteiger partial charge in [0, 0.05) is 5.02 Å². The molecule has 0 spiro atoms. The summed E-state index contributed by atoms with van der Waals surface area (Å²) < 4.78 is 1.58. The largest absolute Gasteiger partial charge is 0.368 e. The Kier molecular flexibility index (Phi) is 3.07. The van der Waals surface area contributed by atoms with Crippen LogP contribution in [0.15, 0.2) is 23.4 Å². The van der Waals surface area contributed by atoms with Crippen molar-refractivity contribution in [3.63, 3.8) is 0 Å². The van der Waals surface area contributed by atoms with E-state index in [1.165, 1.54) is 11.8 Å². The van der Waals surface area contributed by atoms with E-state index in [1.807, 2.05) is 31.4 Å². The Bertz CT molecular complexity index is 524. The average molecular weight is 255 g/mol. The maximum atomic E-state index is 6.05. The van der Waals surface area contributed by atoms with Crippen LogP contribution in [0.25, 0.3) is 5.69 Å². The van der Waals surface area contributed by atoms with Crippen LogP contribution in [0, 0.1) is 6.92 Å². The zero-order valence-corrected chi connectivity index (χ0v) is 10.5. The van der Waals surface area contributed by atoms with Crippen LogP contribution in [-0.4, -0.2) is 21.0 Å². The third kappa shape index (κ3) is 2.01. The van der Waals surface area contributed by atoms with E-state index in [1.54, 1.807) is 4.68 Å². The van der Waals surface area contributed by atoms with E-state index in [0.29, 0.717) is 16.1 Å². The molecule has 2 rings (SSSR count). The van der Waals surface area contributed by atoms with Crippen molar-refractivity contribution in [1.82, 2.24) is 14.8 Å². The van der Waals surface area contributed by atoms with E-state index in [2.05, 4.69) is 10.1 Å². The minimum atomic E-state index is 0.365. The first-order valence-corrected chi connectivity index (χ1v) is 6.25. The van der Waals surface area contributed by atoms with Crippen LogP contribution in [0.4, 0.5) is 5.95 Å². The highest BCUT2D eigenvalue weighted by atomic mass is 35.5. The first-order chi connectivity index (χ1) is 7.61. The standard InChI is InChI=1S/C10H11ClN4S/c1-6-3-4-7(5-8(6)11)15-9(12)13-10(14-15)16-2/h3-5H,1-2H3,(H2,12,13,14). The minimum absolute atomic E-state index is 0.365. The second-order valence-corrected chi connectivity index (χ2v) is 4.48. The molecule has 0 saturated heterocycles. The third-order valence-corrected chi connectivity index (χ3v) is 3.14.